The molecule has 0 aliphatic rings. The van der Waals surface area contributed by atoms with E-state index in [1.807, 2.05) is 47.4 Å². The van der Waals surface area contributed by atoms with Crippen LogP contribution in [0.2, 0.25) is 0 Å². The summed E-state index contributed by atoms with van der Waals surface area (Å²) < 4.78 is 2.96. The SMILES string of the molecule is Cc1ccc(Br)c(NCc2cnn(-c3ccccc3)c2)c1. The van der Waals surface area contributed by atoms with E-state index in [1.54, 1.807) is 0 Å². The molecule has 0 fully saturated rings. The van der Waals surface area contributed by atoms with Crippen LogP contribution in [0.1, 0.15) is 11.1 Å². The molecule has 0 spiro atoms. The van der Waals surface area contributed by atoms with Crippen molar-refractivity contribution in [3.63, 3.8) is 0 Å². The molecule has 4 heteroatoms. The summed E-state index contributed by atoms with van der Waals surface area (Å²) in [5.74, 6) is 0. The lowest BCUT2D eigenvalue weighted by molar-refractivity contribution is 0.880. The first-order chi connectivity index (χ1) is 10.2. The van der Waals surface area contributed by atoms with E-state index in [1.165, 1.54) is 5.56 Å². The zero-order valence-electron chi connectivity index (χ0n) is 11.8. The molecule has 0 radical (unpaired) electrons. The monoisotopic (exact) mass is 341 g/mol. The number of hydrogen-bond acceptors (Lipinski definition) is 2. The Morgan fingerprint density at radius 2 is 1.95 bits per heavy atom. The van der Waals surface area contributed by atoms with Gasteiger partial charge >= 0.3 is 0 Å². The summed E-state index contributed by atoms with van der Waals surface area (Å²) in [4.78, 5) is 0. The summed E-state index contributed by atoms with van der Waals surface area (Å²) in [6, 6.07) is 16.4. The van der Waals surface area contributed by atoms with Crippen molar-refractivity contribution in [1.82, 2.24) is 9.78 Å². The van der Waals surface area contributed by atoms with Crippen LogP contribution in [0.4, 0.5) is 5.69 Å². The Hall–Kier alpha value is -2.07. The van der Waals surface area contributed by atoms with Crippen molar-refractivity contribution in [3.8, 4) is 5.69 Å². The lowest BCUT2D eigenvalue weighted by Gasteiger charge is -2.08. The Bertz CT molecular complexity index is 735. The highest BCUT2D eigenvalue weighted by atomic mass is 79.9. The maximum absolute atomic E-state index is 4.40. The van der Waals surface area contributed by atoms with E-state index < -0.39 is 0 Å². The number of hydrogen-bond donors (Lipinski definition) is 1. The Labute approximate surface area is 132 Å². The van der Waals surface area contributed by atoms with Gasteiger partial charge in [0, 0.05) is 28.5 Å². The van der Waals surface area contributed by atoms with Gasteiger partial charge in [-0.25, -0.2) is 4.68 Å². The average Bonchev–Trinajstić information content (AvgIpc) is 2.98. The maximum Gasteiger partial charge on any atom is 0.0645 e. The second kappa shape index (κ2) is 6.14. The number of benzene rings is 2. The Morgan fingerprint density at radius 3 is 2.76 bits per heavy atom. The molecule has 3 nitrogen and oxygen atoms in total. The molecular weight excluding hydrogens is 326 g/mol. The summed E-state index contributed by atoms with van der Waals surface area (Å²) in [5, 5.41) is 7.84. The Balaban J connectivity index is 1.72. The van der Waals surface area contributed by atoms with Gasteiger partial charge < -0.3 is 5.32 Å². The molecule has 0 aliphatic carbocycles. The van der Waals surface area contributed by atoms with Crippen molar-refractivity contribution in [2.24, 2.45) is 0 Å². The zero-order valence-corrected chi connectivity index (χ0v) is 13.3. The summed E-state index contributed by atoms with van der Waals surface area (Å²) in [6.07, 6.45) is 3.94. The van der Waals surface area contributed by atoms with E-state index in [0.717, 1.165) is 28.0 Å². The summed E-state index contributed by atoms with van der Waals surface area (Å²) in [5.41, 5.74) is 4.55. The molecule has 1 aromatic heterocycles. The standard InChI is InChI=1S/C17H16BrN3/c1-13-7-8-16(18)17(9-13)19-10-14-11-20-21(12-14)15-5-3-2-4-6-15/h2-9,11-12,19H,10H2,1H3. The highest BCUT2D eigenvalue weighted by Crippen LogP contribution is 2.23. The van der Waals surface area contributed by atoms with Crippen LogP contribution in [-0.4, -0.2) is 9.78 Å². The molecule has 1 heterocycles. The minimum absolute atomic E-state index is 0.745. The first-order valence-electron chi connectivity index (χ1n) is 6.81. The van der Waals surface area contributed by atoms with Gasteiger partial charge in [-0.15, -0.1) is 0 Å². The number of nitrogens with one attached hydrogen (secondary N) is 1. The summed E-state index contributed by atoms with van der Waals surface area (Å²) in [7, 11) is 0. The molecule has 0 atom stereocenters. The van der Waals surface area contributed by atoms with Crippen LogP contribution in [-0.2, 0) is 6.54 Å². The molecule has 106 valence electrons. The van der Waals surface area contributed by atoms with Gasteiger partial charge in [-0.2, -0.15) is 5.10 Å². The third-order valence-corrected chi connectivity index (χ3v) is 3.95. The fourth-order valence-electron chi connectivity index (χ4n) is 2.15. The number of anilines is 1. The third kappa shape index (κ3) is 3.34. The van der Waals surface area contributed by atoms with Gasteiger partial charge in [0.2, 0.25) is 0 Å². The normalized spacial score (nSPS) is 10.6. The summed E-state index contributed by atoms with van der Waals surface area (Å²) in [6.45, 7) is 2.83. The van der Waals surface area contributed by atoms with Crippen molar-refractivity contribution < 1.29 is 0 Å². The molecule has 3 aromatic rings. The average molecular weight is 342 g/mol. The van der Waals surface area contributed by atoms with Crippen molar-refractivity contribution in [3.05, 3.63) is 76.5 Å². The minimum Gasteiger partial charge on any atom is -0.380 e. The fraction of sp³-hybridized carbons (Fsp3) is 0.118. The Morgan fingerprint density at radius 1 is 1.14 bits per heavy atom. The first-order valence-corrected chi connectivity index (χ1v) is 7.61. The number of aromatic nitrogens is 2. The predicted octanol–water partition coefficient (Wildman–Crippen LogP) is 4.56. The van der Waals surface area contributed by atoms with Crippen molar-refractivity contribution in [2.45, 2.75) is 13.5 Å². The van der Waals surface area contributed by atoms with E-state index in [2.05, 4.69) is 51.5 Å². The largest absolute Gasteiger partial charge is 0.380 e. The maximum atomic E-state index is 4.40. The van der Waals surface area contributed by atoms with Crippen molar-refractivity contribution >= 4 is 21.6 Å². The lowest BCUT2D eigenvalue weighted by Crippen LogP contribution is -1.99. The highest BCUT2D eigenvalue weighted by molar-refractivity contribution is 9.10. The molecule has 2 aromatic carbocycles. The van der Waals surface area contributed by atoms with E-state index in [4.69, 9.17) is 0 Å². The lowest BCUT2D eigenvalue weighted by atomic mass is 10.2. The van der Waals surface area contributed by atoms with Crippen LogP contribution in [0, 0.1) is 6.92 Å². The smallest absolute Gasteiger partial charge is 0.0645 e. The molecular formula is C17H16BrN3. The van der Waals surface area contributed by atoms with Crippen LogP contribution >= 0.6 is 15.9 Å². The van der Waals surface area contributed by atoms with E-state index in [0.29, 0.717) is 0 Å². The number of rotatable bonds is 4. The van der Waals surface area contributed by atoms with Gasteiger partial charge in [0.25, 0.3) is 0 Å². The summed E-state index contributed by atoms with van der Waals surface area (Å²) >= 11 is 3.56. The minimum atomic E-state index is 0.745. The second-order valence-electron chi connectivity index (χ2n) is 4.97. The third-order valence-electron chi connectivity index (χ3n) is 3.26. The van der Waals surface area contributed by atoms with Crippen molar-refractivity contribution in [1.29, 1.82) is 0 Å². The van der Waals surface area contributed by atoms with Gasteiger partial charge in [0.1, 0.15) is 0 Å². The van der Waals surface area contributed by atoms with Crippen LogP contribution in [0.25, 0.3) is 5.69 Å². The molecule has 21 heavy (non-hydrogen) atoms. The topological polar surface area (TPSA) is 29.9 Å². The molecule has 3 rings (SSSR count). The zero-order chi connectivity index (χ0) is 14.7. The van der Waals surface area contributed by atoms with E-state index >= 15 is 0 Å². The van der Waals surface area contributed by atoms with E-state index in [-0.39, 0.29) is 0 Å². The number of aryl methyl sites for hydroxylation is 1. The molecule has 0 aliphatic heterocycles. The first kappa shape index (κ1) is 13.9. The molecule has 0 bridgehead atoms. The molecule has 0 saturated heterocycles. The molecule has 1 N–H and O–H groups in total. The van der Waals surface area contributed by atoms with E-state index in [9.17, 15) is 0 Å². The van der Waals surface area contributed by atoms with Gasteiger partial charge in [-0.1, -0.05) is 24.3 Å². The number of nitrogens with zero attached hydrogens (tertiary/aromatic N) is 2. The van der Waals surface area contributed by atoms with Crippen LogP contribution in [0.15, 0.2) is 65.4 Å². The number of para-hydroxylation sites is 1. The predicted molar refractivity (Wildman–Crippen MR) is 89.8 cm³/mol. The van der Waals surface area contributed by atoms with Crippen LogP contribution < -0.4 is 5.32 Å². The number of halogens is 1. The Kier molecular flexibility index (Phi) is 4.06. The second-order valence-corrected chi connectivity index (χ2v) is 5.82. The van der Waals surface area contributed by atoms with Crippen molar-refractivity contribution in [2.75, 3.05) is 5.32 Å². The van der Waals surface area contributed by atoms with Gasteiger partial charge in [-0.3, -0.25) is 0 Å². The van der Waals surface area contributed by atoms with Crippen LogP contribution in [0.5, 0.6) is 0 Å². The highest BCUT2D eigenvalue weighted by Gasteiger charge is 2.03. The van der Waals surface area contributed by atoms with Gasteiger partial charge in [0.15, 0.2) is 0 Å². The quantitative estimate of drug-likeness (QED) is 0.754. The van der Waals surface area contributed by atoms with Crippen LogP contribution in [0.3, 0.4) is 0 Å². The molecule has 0 amide bonds. The van der Waals surface area contributed by atoms with Gasteiger partial charge in [0.05, 0.1) is 11.9 Å². The molecule has 0 saturated carbocycles. The fourth-order valence-corrected chi connectivity index (χ4v) is 2.53. The molecule has 0 unspecified atom stereocenters. The van der Waals surface area contributed by atoms with Gasteiger partial charge in [-0.05, 0) is 52.7 Å².